The predicted molar refractivity (Wildman–Crippen MR) is 77.8 cm³/mol. The first kappa shape index (κ1) is 14.5. The lowest BCUT2D eigenvalue weighted by Gasteiger charge is -1.99. The van der Waals surface area contributed by atoms with E-state index in [1.54, 1.807) is 0 Å². The van der Waals surface area contributed by atoms with Crippen LogP contribution in [0.4, 0.5) is 0 Å². The summed E-state index contributed by atoms with van der Waals surface area (Å²) in [5.74, 6) is 0.0752. The number of benzene rings is 2. The molecule has 0 fully saturated rings. The molecule has 0 aliphatic heterocycles. The molecular weight excluding hydrogens is 236 g/mol. The molecule has 2 aromatic rings. The highest BCUT2D eigenvalue weighted by molar-refractivity contribution is 6.08. The Morgan fingerprint density at radius 1 is 0.789 bits per heavy atom. The maximum absolute atomic E-state index is 11.8. The smallest absolute Gasteiger partial charge is 0.193 e. The molecule has 0 amide bonds. The van der Waals surface area contributed by atoms with Crippen molar-refractivity contribution in [1.82, 2.24) is 0 Å². The van der Waals surface area contributed by atoms with E-state index in [0.717, 1.165) is 11.1 Å². The minimum absolute atomic E-state index is 0.0752. The Morgan fingerprint density at radius 3 is 1.42 bits per heavy atom. The molecule has 0 N–H and O–H groups in total. The van der Waals surface area contributed by atoms with Crippen LogP contribution in [-0.2, 0) is 4.74 Å². The van der Waals surface area contributed by atoms with Gasteiger partial charge in [-0.15, -0.1) is 0 Å². The topological polar surface area (TPSA) is 26.3 Å². The minimum atomic E-state index is 0.0752. The number of ketones is 1. The molecule has 2 rings (SSSR count). The molecule has 0 bridgehead atoms. The summed E-state index contributed by atoms with van der Waals surface area (Å²) in [5, 5.41) is 0. The molecule has 19 heavy (non-hydrogen) atoms. The second-order valence-corrected chi connectivity index (χ2v) is 3.53. The Balaban J connectivity index is 0.000000312. The molecule has 0 spiro atoms. The van der Waals surface area contributed by atoms with Gasteiger partial charge in [0.05, 0.1) is 12.5 Å². The average molecular weight is 252 g/mol. The van der Waals surface area contributed by atoms with Gasteiger partial charge in [-0.2, -0.15) is 0 Å². The molecule has 0 aliphatic carbocycles. The second kappa shape index (κ2) is 8.48. The van der Waals surface area contributed by atoms with Gasteiger partial charge in [0.1, 0.15) is 0 Å². The molecule has 2 aromatic carbocycles. The summed E-state index contributed by atoms with van der Waals surface area (Å²) in [4.78, 5) is 11.8. The van der Waals surface area contributed by atoms with Gasteiger partial charge in [0.2, 0.25) is 0 Å². The van der Waals surface area contributed by atoms with Gasteiger partial charge in [-0.3, -0.25) is 4.79 Å². The summed E-state index contributed by atoms with van der Waals surface area (Å²) in [6, 6.07) is 18.6. The lowest BCUT2D eigenvalue weighted by atomic mass is 10.0. The molecule has 96 valence electrons. The first-order valence-corrected chi connectivity index (χ1v) is 5.81. The van der Waals surface area contributed by atoms with Gasteiger partial charge in [-0.25, -0.2) is 0 Å². The lowest BCUT2D eigenvalue weighted by molar-refractivity contribution is 0.103. The van der Waals surface area contributed by atoms with E-state index in [4.69, 9.17) is 0 Å². The largest absolute Gasteiger partial charge is 0.474 e. The molecule has 0 unspecified atom stereocenters. The highest BCUT2D eigenvalue weighted by Crippen LogP contribution is 2.08. The third-order valence-electron chi connectivity index (χ3n) is 2.26. The molecule has 2 heteroatoms. The molecule has 0 heterocycles. The number of rotatable bonds is 4. The zero-order valence-electron chi connectivity index (χ0n) is 10.7. The van der Waals surface area contributed by atoms with Crippen LogP contribution < -0.4 is 0 Å². The van der Waals surface area contributed by atoms with Crippen LogP contribution in [0.3, 0.4) is 0 Å². The Bertz CT molecular complexity index is 468. The van der Waals surface area contributed by atoms with Crippen LogP contribution in [0.1, 0.15) is 15.9 Å². The number of ether oxygens (including phenoxy) is 1. The summed E-state index contributed by atoms with van der Waals surface area (Å²) >= 11 is 0. The number of carbonyl (C=O) groups excluding carboxylic acids is 1. The van der Waals surface area contributed by atoms with Gasteiger partial charge < -0.3 is 4.74 Å². The van der Waals surface area contributed by atoms with Crippen LogP contribution in [0, 0.1) is 0 Å². The van der Waals surface area contributed by atoms with E-state index < -0.39 is 0 Å². The van der Waals surface area contributed by atoms with Crippen molar-refractivity contribution >= 4 is 5.78 Å². The monoisotopic (exact) mass is 252 g/mol. The predicted octanol–water partition coefficient (Wildman–Crippen LogP) is 4.21. The van der Waals surface area contributed by atoms with Crippen molar-refractivity contribution in [2.75, 3.05) is 0 Å². The molecule has 2 nitrogen and oxygen atoms in total. The lowest BCUT2D eigenvalue weighted by Crippen LogP contribution is -1.99. The van der Waals surface area contributed by atoms with Gasteiger partial charge in [0.25, 0.3) is 0 Å². The molecule has 0 saturated heterocycles. The fourth-order valence-electron chi connectivity index (χ4n) is 1.41. The van der Waals surface area contributed by atoms with Crippen LogP contribution >= 0.6 is 0 Å². The van der Waals surface area contributed by atoms with Crippen LogP contribution in [-0.4, -0.2) is 5.78 Å². The highest BCUT2D eigenvalue weighted by atomic mass is 16.5. The zero-order chi connectivity index (χ0) is 13.9. The summed E-state index contributed by atoms with van der Waals surface area (Å²) < 4.78 is 4.36. The van der Waals surface area contributed by atoms with Crippen LogP contribution in [0.25, 0.3) is 0 Å². The average Bonchev–Trinajstić information content (AvgIpc) is 2.50. The van der Waals surface area contributed by atoms with Gasteiger partial charge >= 0.3 is 0 Å². The van der Waals surface area contributed by atoms with Gasteiger partial charge in [0, 0.05) is 11.1 Å². The van der Waals surface area contributed by atoms with Crippen molar-refractivity contribution in [2.45, 2.75) is 0 Å². The Hall–Kier alpha value is -2.61. The molecule has 0 saturated carbocycles. The van der Waals surface area contributed by atoms with E-state index in [1.165, 1.54) is 12.5 Å². The number of hydrogen-bond acceptors (Lipinski definition) is 2. The fraction of sp³-hybridized carbons (Fsp3) is 0. The van der Waals surface area contributed by atoms with Gasteiger partial charge in [-0.05, 0) is 0 Å². The van der Waals surface area contributed by atoms with Crippen LogP contribution in [0.15, 0.2) is 86.3 Å². The quantitative estimate of drug-likeness (QED) is 0.602. The maximum atomic E-state index is 11.8. The third kappa shape index (κ3) is 5.04. The van der Waals surface area contributed by atoms with Gasteiger partial charge in [-0.1, -0.05) is 73.8 Å². The van der Waals surface area contributed by atoms with Crippen molar-refractivity contribution in [1.29, 1.82) is 0 Å². The van der Waals surface area contributed by atoms with E-state index in [-0.39, 0.29) is 5.78 Å². The molecule has 0 aromatic heterocycles. The van der Waals surface area contributed by atoms with Crippen LogP contribution in [0.5, 0.6) is 0 Å². The van der Waals surface area contributed by atoms with Crippen molar-refractivity contribution in [3.8, 4) is 0 Å². The Kier molecular flexibility index (Phi) is 6.45. The van der Waals surface area contributed by atoms with Crippen molar-refractivity contribution in [3.05, 3.63) is 97.5 Å². The van der Waals surface area contributed by atoms with E-state index in [9.17, 15) is 4.79 Å². The summed E-state index contributed by atoms with van der Waals surface area (Å²) in [6.45, 7) is 6.51. The molecule has 0 atom stereocenters. The second-order valence-electron chi connectivity index (χ2n) is 3.53. The van der Waals surface area contributed by atoms with Crippen molar-refractivity contribution in [3.63, 3.8) is 0 Å². The Morgan fingerprint density at radius 2 is 1.16 bits per heavy atom. The maximum Gasteiger partial charge on any atom is 0.193 e. The standard InChI is InChI=1S/C13H10O.C4H6O/c14-13(11-7-3-1-4-8-11)12-9-5-2-6-10-12;1-3-5-4-2/h1-10H;3-4H,1-2H2. The number of hydrogen-bond donors (Lipinski definition) is 0. The van der Waals surface area contributed by atoms with Crippen LogP contribution in [0.2, 0.25) is 0 Å². The van der Waals surface area contributed by atoms with E-state index in [1.807, 2.05) is 60.7 Å². The molecular formula is C17H16O2. The summed E-state index contributed by atoms with van der Waals surface area (Å²) in [5.41, 5.74) is 1.47. The van der Waals surface area contributed by atoms with E-state index >= 15 is 0 Å². The van der Waals surface area contributed by atoms with Gasteiger partial charge in [0.15, 0.2) is 5.78 Å². The minimum Gasteiger partial charge on any atom is -0.474 e. The van der Waals surface area contributed by atoms with E-state index in [0.29, 0.717) is 0 Å². The molecule has 0 radical (unpaired) electrons. The Labute approximate surface area is 113 Å². The SMILES string of the molecule is C=COC=C.O=C(c1ccccc1)c1ccccc1. The highest BCUT2D eigenvalue weighted by Gasteiger charge is 2.06. The number of carbonyl (C=O) groups is 1. The fourth-order valence-corrected chi connectivity index (χ4v) is 1.41. The summed E-state index contributed by atoms with van der Waals surface area (Å²) in [6.07, 6.45) is 2.62. The third-order valence-corrected chi connectivity index (χ3v) is 2.26. The van der Waals surface area contributed by atoms with Crippen molar-refractivity contribution in [2.24, 2.45) is 0 Å². The zero-order valence-corrected chi connectivity index (χ0v) is 10.7. The normalized spacial score (nSPS) is 8.63. The first-order chi connectivity index (χ1) is 9.29. The summed E-state index contributed by atoms with van der Waals surface area (Å²) in [7, 11) is 0. The van der Waals surface area contributed by atoms with E-state index in [2.05, 4.69) is 17.9 Å². The van der Waals surface area contributed by atoms with Crippen molar-refractivity contribution < 1.29 is 9.53 Å². The first-order valence-electron chi connectivity index (χ1n) is 5.81. The molecule has 0 aliphatic rings.